The van der Waals surface area contributed by atoms with E-state index in [0.717, 1.165) is 16.0 Å². The van der Waals surface area contributed by atoms with Crippen LogP contribution in [-0.2, 0) is 11.4 Å². The van der Waals surface area contributed by atoms with Gasteiger partial charge in [-0.05, 0) is 64.1 Å². The zero-order chi connectivity index (χ0) is 18.7. The van der Waals surface area contributed by atoms with Crippen molar-refractivity contribution in [2.45, 2.75) is 6.61 Å². The fourth-order valence-corrected chi connectivity index (χ4v) is 2.78. The Morgan fingerprint density at radius 2 is 1.85 bits per heavy atom. The molecule has 6 nitrogen and oxygen atoms in total. The first kappa shape index (κ1) is 18.2. The van der Waals surface area contributed by atoms with E-state index in [1.165, 1.54) is 10.6 Å². The lowest BCUT2D eigenvalue weighted by Crippen LogP contribution is -2.25. The van der Waals surface area contributed by atoms with E-state index in [4.69, 9.17) is 9.47 Å². The van der Waals surface area contributed by atoms with E-state index in [1.54, 1.807) is 31.4 Å². The number of rotatable bonds is 5. The Bertz CT molecular complexity index is 878. The average molecular weight is 464 g/mol. The van der Waals surface area contributed by atoms with E-state index in [0.29, 0.717) is 18.1 Å². The Labute approximate surface area is 164 Å². The van der Waals surface area contributed by atoms with E-state index in [9.17, 15) is 9.59 Å². The van der Waals surface area contributed by atoms with Gasteiger partial charge in [-0.1, -0.05) is 18.2 Å². The summed E-state index contributed by atoms with van der Waals surface area (Å²) in [5, 5.41) is 2.53. The number of carbonyl (C=O) groups is 2. The predicted octanol–water partition coefficient (Wildman–Crippen LogP) is 3.40. The summed E-state index contributed by atoms with van der Waals surface area (Å²) in [6, 6.07) is 13.0. The summed E-state index contributed by atoms with van der Waals surface area (Å²) in [6.45, 7) is 0.424. The second-order valence-corrected chi connectivity index (χ2v) is 6.92. The van der Waals surface area contributed by atoms with Crippen molar-refractivity contribution >= 4 is 40.6 Å². The molecule has 0 bridgehead atoms. The van der Waals surface area contributed by atoms with Gasteiger partial charge in [-0.3, -0.25) is 9.69 Å². The first-order chi connectivity index (χ1) is 12.5. The van der Waals surface area contributed by atoms with Crippen LogP contribution in [0.25, 0.3) is 6.08 Å². The van der Waals surface area contributed by atoms with Crippen LogP contribution in [-0.4, -0.2) is 31.0 Å². The molecule has 0 spiro atoms. The van der Waals surface area contributed by atoms with Crippen molar-refractivity contribution in [2.75, 3.05) is 14.2 Å². The third-order valence-electron chi connectivity index (χ3n) is 3.89. The van der Waals surface area contributed by atoms with Crippen LogP contribution in [0.2, 0.25) is 0 Å². The van der Waals surface area contributed by atoms with Crippen LogP contribution in [0, 0.1) is 3.57 Å². The molecule has 1 saturated heterocycles. The van der Waals surface area contributed by atoms with Gasteiger partial charge < -0.3 is 14.8 Å². The number of nitrogens with one attached hydrogen (secondary N) is 1. The van der Waals surface area contributed by atoms with E-state index >= 15 is 0 Å². The van der Waals surface area contributed by atoms with E-state index in [2.05, 4.69) is 27.9 Å². The number of carbonyl (C=O) groups excluding carboxylic acids is 2. The summed E-state index contributed by atoms with van der Waals surface area (Å²) in [7, 11) is 2.99. The summed E-state index contributed by atoms with van der Waals surface area (Å²) in [5.74, 6) is 0.787. The molecule has 3 rings (SSSR count). The lowest BCUT2D eigenvalue weighted by molar-refractivity contribution is -0.121. The maximum Gasteiger partial charge on any atom is 0.328 e. The fraction of sp³-hybridized carbons (Fsp3) is 0.158. The molecular weight excluding hydrogens is 447 g/mol. The molecule has 26 heavy (non-hydrogen) atoms. The Balaban J connectivity index is 1.76. The molecule has 0 aliphatic carbocycles. The number of ether oxygens (including phenoxy) is 2. The van der Waals surface area contributed by atoms with Gasteiger partial charge in [0.25, 0.3) is 5.91 Å². The Morgan fingerprint density at radius 3 is 2.46 bits per heavy atom. The summed E-state index contributed by atoms with van der Waals surface area (Å²) in [6.07, 6.45) is 1.61. The van der Waals surface area contributed by atoms with Gasteiger partial charge in [0.15, 0.2) is 11.5 Å². The van der Waals surface area contributed by atoms with Crippen LogP contribution >= 0.6 is 22.6 Å². The van der Waals surface area contributed by atoms with Crippen LogP contribution in [0.15, 0.2) is 48.2 Å². The summed E-state index contributed by atoms with van der Waals surface area (Å²) >= 11 is 2.26. The number of halogens is 1. The lowest BCUT2D eigenvalue weighted by atomic mass is 10.1. The first-order valence-corrected chi connectivity index (χ1v) is 8.92. The number of imide groups is 1. The molecule has 1 N–H and O–H groups in total. The number of methoxy groups -OCH3 is 1. The molecule has 0 atom stereocenters. The maximum atomic E-state index is 11.9. The molecule has 3 amide bonds. The second-order valence-electron chi connectivity index (χ2n) is 5.68. The number of hydrogen-bond donors (Lipinski definition) is 1. The molecule has 2 aromatic rings. The number of nitrogens with zero attached hydrogens (tertiary/aromatic N) is 1. The molecule has 0 radical (unpaired) electrons. The quantitative estimate of drug-likeness (QED) is 0.419. The zero-order valence-electron chi connectivity index (χ0n) is 14.3. The SMILES string of the molecule is COc1cc(/C=C2/NC(=O)N(C)C2=O)ccc1OCc1ccc(I)cc1. The molecule has 0 saturated carbocycles. The molecule has 1 heterocycles. The van der Waals surface area contributed by atoms with Gasteiger partial charge in [-0.15, -0.1) is 0 Å². The smallest absolute Gasteiger partial charge is 0.328 e. The Hall–Kier alpha value is -2.55. The second kappa shape index (κ2) is 7.77. The van der Waals surface area contributed by atoms with Gasteiger partial charge in [0.05, 0.1) is 7.11 Å². The summed E-state index contributed by atoms with van der Waals surface area (Å²) in [4.78, 5) is 24.5. The Kier molecular flexibility index (Phi) is 5.46. The van der Waals surface area contributed by atoms with Crippen molar-refractivity contribution in [3.8, 4) is 11.5 Å². The van der Waals surface area contributed by atoms with Gasteiger partial charge in [0, 0.05) is 10.6 Å². The topological polar surface area (TPSA) is 67.9 Å². The van der Waals surface area contributed by atoms with Gasteiger partial charge in [-0.25, -0.2) is 4.79 Å². The minimum absolute atomic E-state index is 0.229. The zero-order valence-corrected chi connectivity index (χ0v) is 16.4. The van der Waals surface area contributed by atoms with Gasteiger partial charge in [0.2, 0.25) is 0 Å². The molecule has 0 unspecified atom stereocenters. The van der Waals surface area contributed by atoms with Gasteiger partial charge in [-0.2, -0.15) is 0 Å². The molecular formula is C19H17IN2O4. The molecule has 1 aliphatic rings. The number of hydrogen-bond acceptors (Lipinski definition) is 4. The molecule has 1 fully saturated rings. The first-order valence-electron chi connectivity index (χ1n) is 7.84. The van der Waals surface area contributed by atoms with E-state index < -0.39 is 6.03 Å². The summed E-state index contributed by atoms with van der Waals surface area (Å²) in [5.41, 5.74) is 2.01. The number of amides is 3. The molecule has 134 valence electrons. The van der Waals surface area contributed by atoms with Crippen LogP contribution in [0.1, 0.15) is 11.1 Å². The molecule has 1 aliphatic heterocycles. The van der Waals surface area contributed by atoms with Crippen molar-refractivity contribution in [1.82, 2.24) is 10.2 Å². The average Bonchev–Trinajstić information content (AvgIpc) is 2.88. The van der Waals surface area contributed by atoms with Crippen molar-refractivity contribution < 1.29 is 19.1 Å². The van der Waals surface area contributed by atoms with Crippen molar-refractivity contribution in [3.63, 3.8) is 0 Å². The van der Waals surface area contributed by atoms with Crippen LogP contribution < -0.4 is 14.8 Å². The van der Waals surface area contributed by atoms with Crippen LogP contribution in [0.5, 0.6) is 11.5 Å². The normalized spacial score (nSPS) is 15.3. The van der Waals surface area contributed by atoms with E-state index in [-0.39, 0.29) is 11.6 Å². The number of likely N-dealkylation sites (N-methyl/N-ethyl adjacent to an activating group) is 1. The third-order valence-corrected chi connectivity index (χ3v) is 4.61. The highest BCUT2D eigenvalue weighted by Gasteiger charge is 2.29. The van der Waals surface area contributed by atoms with Crippen LogP contribution in [0.4, 0.5) is 4.79 Å². The highest BCUT2D eigenvalue weighted by molar-refractivity contribution is 14.1. The van der Waals surface area contributed by atoms with Crippen molar-refractivity contribution in [1.29, 1.82) is 0 Å². The number of urea groups is 1. The van der Waals surface area contributed by atoms with Crippen LogP contribution in [0.3, 0.4) is 0 Å². The highest BCUT2D eigenvalue weighted by Crippen LogP contribution is 2.30. The van der Waals surface area contributed by atoms with E-state index in [1.807, 2.05) is 24.3 Å². The third kappa shape index (κ3) is 3.98. The minimum Gasteiger partial charge on any atom is -0.493 e. The monoisotopic (exact) mass is 464 g/mol. The highest BCUT2D eigenvalue weighted by atomic mass is 127. The van der Waals surface area contributed by atoms with Gasteiger partial charge in [0.1, 0.15) is 12.3 Å². The van der Waals surface area contributed by atoms with Crippen molar-refractivity contribution in [2.24, 2.45) is 0 Å². The fourth-order valence-electron chi connectivity index (χ4n) is 2.42. The minimum atomic E-state index is -0.439. The lowest BCUT2D eigenvalue weighted by Gasteiger charge is -2.11. The number of benzene rings is 2. The molecule has 7 heteroatoms. The van der Waals surface area contributed by atoms with Gasteiger partial charge >= 0.3 is 6.03 Å². The standard InChI is InChI=1S/C19H17IN2O4/c1-22-18(23)15(21-19(22)24)9-13-5-8-16(17(10-13)25-2)26-11-12-3-6-14(20)7-4-12/h3-10H,11H2,1-2H3,(H,21,24)/b15-9+. The molecule has 0 aromatic heterocycles. The molecule has 2 aromatic carbocycles. The predicted molar refractivity (Wildman–Crippen MR) is 106 cm³/mol. The van der Waals surface area contributed by atoms with Crippen molar-refractivity contribution in [3.05, 3.63) is 62.9 Å². The Morgan fingerprint density at radius 1 is 1.12 bits per heavy atom. The maximum absolute atomic E-state index is 11.9. The largest absolute Gasteiger partial charge is 0.493 e. The summed E-state index contributed by atoms with van der Waals surface area (Å²) < 4.78 is 12.4.